The molecule has 0 bridgehead atoms. The van der Waals surface area contributed by atoms with Crippen molar-refractivity contribution in [1.29, 1.82) is 0 Å². The van der Waals surface area contributed by atoms with Crippen LogP contribution in [0.15, 0.2) is 109 Å². The fourth-order valence-corrected chi connectivity index (χ4v) is 4.15. The Morgan fingerprint density at radius 1 is 0.667 bits per heavy atom. The van der Waals surface area contributed by atoms with Crippen molar-refractivity contribution >= 4 is 16.9 Å². The van der Waals surface area contributed by atoms with Crippen LogP contribution in [0.2, 0.25) is 0 Å². The molecule has 0 atom stereocenters. The van der Waals surface area contributed by atoms with Gasteiger partial charge in [0.1, 0.15) is 0 Å². The molecule has 0 aliphatic heterocycles. The minimum atomic E-state index is 0.763. The van der Waals surface area contributed by atoms with Gasteiger partial charge in [0, 0.05) is 24.0 Å². The van der Waals surface area contributed by atoms with E-state index in [0.29, 0.717) is 0 Å². The van der Waals surface area contributed by atoms with Crippen molar-refractivity contribution in [2.75, 3.05) is 11.4 Å². The maximum atomic E-state index is 5.14. The lowest BCUT2D eigenvalue weighted by atomic mass is 10.0. The fraction of sp³-hybridized carbons (Fsp3) is 0.133. The number of anilines is 1. The van der Waals surface area contributed by atoms with Crippen molar-refractivity contribution in [1.82, 2.24) is 9.97 Å². The Bertz CT molecular complexity index is 1330. The summed E-state index contributed by atoms with van der Waals surface area (Å²) in [6.07, 6.45) is 0.934. The van der Waals surface area contributed by atoms with Crippen LogP contribution in [0, 0.1) is 6.92 Å². The largest absolute Gasteiger partial charge is 0.336 e. The van der Waals surface area contributed by atoms with E-state index in [0.717, 1.165) is 47.6 Å². The minimum Gasteiger partial charge on any atom is -0.336 e. The highest BCUT2D eigenvalue weighted by Crippen LogP contribution is 2.29. The van der Waals surface area contributed by atoms with Crippen molar-refractivity contribution in [3.8, 4) is 11.3 Å². The van der Waals surface area contributed by atoms with Gasteiger partial charge in [-0.25, -0.2) is 9.97 Å². The van der Waals surface area contributed by atoms with Crippen LogP contribution in [0.3, 0.4) is 0 Å². The van der Waals surface area contributed by atoms with Gasteiger partial charge in [0.05, 0.1) is 11.2 Å². The lowest BCUT2D eigenvalue weighted by Gasteiger charge is -2.24. The number of hydrogen-bond donors (Lipinski definition) is 0. The van der Waals surface area contributed by atoms with E-state index in [9.17, 15) is 0 Å². The van der Waals surface area contributed by atoms with Gasteiger partial charge < -0.3 is 4.90 Å². The molecule has 0 aliphatic carbocycles. The van der Waals surface area contributed by atoms with Crippen LogP contribution >= 0.6 is 0 Å². The summed E-state index contributed by atoms with van der Waals surface area (Å²) in [6, 6.07) is 38.0. The monoisotopic (exact) mass is 429 g/mol. The normalized spacial score (nSPS) is 10.9. The molecule has 33 heavy (non-hydrogen) atoms. The van der Waals surface area contributed by atoms with Gasteiger partial charge >= 0.3 is 0 Å². The van der Waals surface area contributed by atoms with E-state index < -0.39 is 0 Å². The highest BCUT2D eigenvalue weighted by Gasteiger charge is 2.16. The van der Waals surface area contributed by atoms with E-state index in [1.165, 1.54) is 16.7 Å². The lowest BCUT2D eigenvalue weighted by Crippen LogP contribution is -2.27. The van der Waals surface area contributed by atoms with Gasteiger partial charge in [-0.3, -0.25) is 0 Å². The van der Waals surface area contributed by atoms with Gasteiger partial charge in [0.15, 0.2) is 0 Å². The molecule has 0 saturated heterocycles. The Balaban J connectivity index is 1.59. The minimum absolute atomic E-state index is 0.763. The summed E-state index contributed by atoms with van der Waals surface area (Å²) < 4.78 is 0. The SMILES string of the molecule is Cc1ccc2nc(N(CCc3ccccc3)Cc3ccccc3)nc(-c3ccccc3)c2c1. The Kier molecular flexibility index (Phi) is 6.12. The Hall–Kier alpha value is -3.98. The summed E-state index contributed by atoms with van der Waals surface area (Å²) in [5.74, 6) is 0.769. The zero-order valence-corrected chi connectivity index (χ0v) is 18.9. The molecule has 1 heterocycles. The maximum Gasteiger partial charge on any atom is 0.226 e. The van der Waals surface area contributed by atoms with Crippen LogP contribution in [0.5, 0.6) is 0 Å². The molecule has 3 nitrogen and oxygen atoms in total. The van der Waals surface area contributed by atoms with Crippen LogP contribution in [0.25, 0.3) is 22.2 Å². The molecule has 0 spiro atoms. The summed E-state index contributed by atoms with van der Waals surface area (Å²) in [6.45, 7) is 3.72. The smallest absolute Gasteiger partial charge is 0.226 e. The van der Waals surface area contributed by atoms with Crippen LogP contribution in [0.4, 0.5) is 5.95 Å². The van der Waals surface area contributed by atoms with Crippen molar-refractivity contribution in [2.45, 2.75) is 19.9 Å². The van der Waals surface area contributed by atoms with Crippen molar-refractivity contribution < 1.29 is 0 Å². The molecule has 1 aromatic heterocycles. The zero-order valence-electron chi connectivity index (χ0n) is 18.9. The van der Waals surface area contributed by atoms with Crippen LogP contribution < -0.4 is 4.90 Å². The second-order valence-electron chi connectivity index (χ2n) is 8.40. The van der Waals surface area contributed by atoms with E-state index in [4.69, 9.17) is 9.97 Å². The van der Waals surface area contributed by atoms with Gasteiger partial charge in [-0.15, -0.1) is 0 Å². The first-order valence-electron chi connectivity index (χ1n) is 11.4. The van der Waals surface area contributed by atoms with E-state index >= 15 is 0 Å². The zero-order chi connectivity index (χ0) is 22.5. The molecule has 0 aliphatic rings. The molecule has 4 aromatic carbocycles. The summed E-state index contributed by atoms with van der Waals surface area (Å²) in [5.41, 5.74) is 6.84. The van der Waals surface area contributed by atoms with Crippen LogP contribution in [0.1, 0.15) is 16.7 Å². The Morgan fingerprint density at radius 2 is 1.30 bits per heavy atom. The number of nitrogens with zero attached hydrogens (tertiary/aromatic N) is 3. The molecule has 0 saturated carbocycles. The summed E-state index contributed by atoms with van der Waals surface area (Å²) in [7, 11) is 0. The molecule has 5 rings (SSSR count). The number of aryl methyl sites for hydroxylation is 1. The van der Waals surface area contributed by atoms with Crippen molar-refractivity contribution in [3.05, 3.63) is 126 Å². The van der Waals surface area contributed by atoms with E-state index in [-0.39, 0.29) is 0 Å². The molecule has 3 heteroatoms. The van der Waals surface area contributed by atoms with Gasteiger partial charge in [0.2, 0.25) is 5.95 Å². The molecular weight excluding hydrogens is 402 g/mol. The third kappa shape index (κ3) is 4.93. The molecular formula is C30H27N3. The third-order valence-corrected chi connectivity index (χ3v) is 5.90. The highest BCUT2D eigenvalue weighted by atomic mass is 15.2. The first-order valence-corrected chi connectivity index (χ1v) is 11.4. The molecule has 162 valence electrons. The number of fused-ring (bicyclic) bond motifs is 1. The summed E-state index contributed by atoms with van der Waals surface area (Å²) >= 11 is 0. The maximum absolute atomic E-state index is 5.14. The summed E-state index contributed by atoms with van der Waals surface area (Å²) in [4.78, 5) is 12.5. The predicted octanol–water partition coefficient (Wildman–Crippen LogP) is 6.85. The number of benzene rings is 4. The van der Waals surface area contributed by atoms with Crippen LogP contribution in [-0.4, -0.2) is 16.5 Å². The molecule has 0 fully saturated rings. The number of hydrogen-bond acceptors (Lipinski definition) is 3. The average molecular weight is 430 g/mol. The summed E-state index contributed by atoms with van der Waals surface area (Å²) in [5, 5.41) is 1.09. The second-order valence-corrected chi connectivity index (χ2v) is 8.40. The quantitative estimate of drug-likeness (QED) is 0.283. The molecule has 0 amide bonds. The first kappa shape index (κ1) is 20.9. The highest BCUT2D eigenvalue weighted by molar-refractivity contribution is 5.93. The van der Waals surface area contributed by atoms with Gasteiger partial charge in [-0.1, -0.05) is 103 Å². The molecule has 5 aromatic rings. The van der Waals surface area contributed by atoms with Gasteiger partial charge in [-0.2, -0.15) is 0 Å². The van der Waals surface area contributed by atoms with E-state index in [1.54, 1.807) is 0 Å². The Labute approximate surface area is 195 Å². The van der Waals surface area contributed by atoms with Crippen LogP contribution in [-0.2, 0) is 13.0 Å². The van der Waals surface area contributed by atoms with E-state index in [1.807, 2.05) is 6.07 Å². The third-order valence-electron chi connectivity index (χ3n) is 5.90. The standard InChI is InChI=1S/C30H27N3/c1-23-17-18-28-27(21-23)29(26-15-9-4-10-16-26)32-30(31-28)33(22-25-13-7-3-8-14-25)20-19-24-11-5-2-6-12-24/h2-18,21H,19-20,22H2,1H3. The fourth-order valence-electron chi connectivity index (χ4n) is 4.15. The Morgan fingerprint density at radius 3 is 2.00 bits per heavy atom. The molecule has 0 N–H and O–H groups in total. The molecule has 0 radical (unpaired) electrons. The average Bonchev–Trinajstić information content (AvgIpc) is 2.87. The van der Waals surface area contributed by atoms with Gasteiger partial charge in [-0.05, 0) is 36.6 Å². The predicted molar refractivity (Wildman–Crippen MR) is 137 cm³/mol. The lowest BCUT2D eigenvalue weighted by molar-refractivity contribution is 0.755. The number of aromatic nitrogens is 2. The number of rotatable bonds is 7. The topological polar surface area (TPSA) is 29.0 Å². The van der Waals surface area contributed by atoms with Crippen molar-refractivity contribution in [3.63, 3.8) is 0 Å². The first-order chi connectivity index (χ1) is 16.3. The van der Waals surface area contributed by atoms with E-state index in [2.05, 4.69) is 115 Å². The van der Waals surface area contributed by atoms with Crippen molar-refractivity contribution in [2.24, 2.45) is 0 Å². The second kappa shape index (κ2) is 9.66. The van der Waals surface area contributed by atoms with Gasteiger partial charge in [0.25, 0.3) is 0 Å². The molecule has 0 unspecified atom stereocenters.